The van der Waals surface area contributed by atoms with Gasteiger partial charge in [0.15, 0.2) is 0 Å². The standard InChI is InChI=1S/C25H37N3O/c1-18(2)7-6-14-29-24-15-20(21-12-13-28(17-21)16-19(3)4)10-11-22(24)23-8-5-9-25(26)27-23/h5,8-11,15,18-19,21H,6-7,12-14,16-17H2,1-4H3,(H2,26,27). The SMILES string of the molecule is CC(C)CCCOc1cc(C2CCN(CC(C)C)C2)ccc1-c1cccc(N)n1. The van der Waals surface area contributed by atoms with Gasteiger partial charge in [0.1, 0.15) is 11.6 Å². The van der Waals surface area contributed by atoms with Crippen LogP contribution in [0.5, 0.6) is 5.75 Å². The number of nitrogens with two attached hydrogens (primary N) is 1. The van der Waals surface area contributed by atoms with Gasteiger partial charge in [-0.25, -0.2) is 4.98 Å². The van der Waals surface area contributed by atoms with Gasteiger partial charge in [0.2, 0.25) is 0 Å². The summed E-state index contributed by atoms with van der Waals surface area (Å²) in [6.45, 7) is 13.3. The molecule has 1 aliphatic heterocycles. The van der Waals surface area contributed by atoms with E-state index in [0.29, 0.717) is 23.6 Å². The summed E-state index contributed by atoms with van der Waals surface area (Å²) in [5.41, 5.74) is 9.21. The molecule has 1 atom stereocenters. The Morgan fingerprint density at radius 2 is 1.97 bits per heavy atom. The van der Waals surface area contributed by atoms with Gasteiger partial charge in [-0.3, -0.25) is 0 Å². The Labute approximate surface area is 176 Å². The van der Waals surface area contributed by atoms with E-state index in [0.717, 1.165) is 36.6 Å². The van der Waals surface area contributed by atoms with Crippen molar-refractivity contribution in [2.75, 3.05) is 32.0 Å². The van der Waals surface area contributed by atoms with Crippen LogP contribution >= 0.6 is 0 Å². The Kier molecular flexibility index (Phi) is 7.54. The van der Waals surface area contributed by atoms with Gasteiger partial charge in [-0.15, -0.1) is 0 Å². The molecule has 158 valence electrons. The van der Waals surface area contributed by atoms with E-state index in [1.54, 1.807) is 0 Å². The Hall–Kier alpha value is -2.07. The second-order valence-electron chi connectivity index (χ2n) is 9.23. The van der Waals surface area contributed by atoms with E-state index >= 15 is 0 Å². The van der Waals surface area contributed by atoms with Gasteiger partial charge in [0, 0.05) is 18.7 Å². The molecule has 0 saturated carbocycles. The zero-order valence-electron chi connectivity index (χ0n) is 18.5. The molecule has 1 unspecified atom stereocenters. The van der Waals surface area contributed by atoms with Crippen LogP contribution < -0.4 is 10.5 Å². The molecular weight excluding hydrogens is 358 g/mol. The molecule has 1 aromatic carbocycles. The summed E-state index contributed by atoms with van der Waals surface area (Å²) in [5.74, 6) is 3.47. The van der Waals surface area contributed by atoms with Gasteiger partial charge in [0.25, 0.3) is 0 Å². The quantitative estimate of drug-likeness (QED) is 0.562. The van der Waals surface area contributed by atoms with E-state index in [4.69, 9.17) is 10.5 Å². The van der Waals surface area contributed by atoms with E-state index in [1.165, 1.54) is 31.5 Å². The normalized spacial score (nSPS) is 17.4. The van der Waals surface area contributed by atoms with Gasteiger partial charge in [-0.05, 0) is 73.4 Å². The van der Waals surface area contributed by atoms with Crippen LogP contribution in [0.25, 0.3) is 11.3 Å². The van der Waals surface area contributed by atoms with Crippen LogP contribution in [0.4, 0.5) is 5.82 Å². The van der Waals surface area contributed by atoms with Gasteiger partial charge in [-0.2, -0.15) is 0 Å². The van der Waals surface area contributed by atoms with Crippen molar-refractivity contribution in [2.24, 2.45) is 11.8 Å². The molecular formula is C25H37N3O. The zero-order chi connectivity index (χ0) is 20.8. The van der Waals surface area contributed by atoms with Crippen LogP contribution in [0, 0.1) is 11.8 Å². The largest absolute Gasteiger partial charge is 0.493 e. The summed E-state index contributed by atoms with van der Waals surface area (Å²) >= 11 is 0. The number of ether oxygens (including phenoxy) is 1. The zero-order valence-corrected chi connectivity index (χ0v) is 18.5. The molecule has 1 saturated heterocycles. The Morgan fingerprint density at radius 3 is 2.69 bits per heavy atom. The van der Waals surface area contributed by atoms with Crippen LogP contribution in [0.1, 0.15) is 58.4 Å². The van der Waals surface area contributed by atoms with Crippen molar-refractivity contribution in [3.05, 3.63) is 42.0 Å². The second-order valence-corrected chi connectivity index (χ2v) is 9.23. The van der Waals surface area contributed by atoms with Gasteiger partial charge in [-0.1, -0.05) is 39.8 Å². The number of nitrogens with zero attached hydrogens (tertiary/aromatic N) is 2. The molecule has 4 heteroatoms. The number of pyridine rings is 1. The van der Waals surface area contributed by atoms with Crippen LogP contribution in [0.15, 0.2) is 36.4 Å². The summed E-state index contributed by atoms with van der Waals surface area (Å²) in [5, 5.41) is 0. The molecule has 0 aliphatic carbocycles. The lowest BCUT2D eigenvalue weighted by atomic mass is 9.96. The molecule has 1 fully saturated rings. The maximum atomic E-state index is 6.28. The lowest BCUT2D eigenvalue weighted by Gasteiger charge is -2.19. The lowest BCUT2D eigenvalue weighted by molar-refractivity contribution is 0.293. The first-order chi connectivity index (χ1) is 13.9. The van der Waals surface area contributed by atoms with E-state index in [1.807, 2.05) is 18.2 Å². The van der Waals surface area contributed by atoms with Crippen molar-refractivity contribution in [1.29, 1.82) is 0 Å². The second kappa shape index (κ2) is 10.1. The van der Waals surface area contributed by atoms with Gasteiger partial charge in [0.05, 0.1) is 12.3 Å². The molecule has 29 heavy (non-hydrogen) atoms. The van der Waals surface area contributed by atoms with Crippen LogP contribution in [0.3, 0.4) is 0 Å². The molecule has 3 rings (SSSR count). The molecule has 2 heterocycles. The monoisotopic (exact) mass is 395 g/mol. The molecule has 2 aromatic rings. The number of likely N-dealkylation sites (tertiary alicyclic amines) is 1. The highest BCUT2D eigenvalue weighted by Gasteiger charge is 2.25. The predicted molar refractivity (Wildman–Crippen MR) is 122 cm³/mol. The maximum absolute atomic E-state index is 6.28. The van der Waals surface area contributed by atoms with Crippen molar-refractivity contribution in [3.63, 3.8) is 0 Å². The molecule has 2 N–H and O–H groups in total. The summed E-state index contributed by atoms with van der Waals surface area (Å²) in [6, 6.07) is 12.5. The highest BCUT2D eigenvalue weighted by Crippen LogP contribution is 2.35. The van der Waals surface area contributed by atoms with E-state index in [9.17, 15) is 0 Å². The van der Waals surface area contributed by atoms with Crippen LogP contribution in [0.2, 0.25) is 0 Å². The third kappa shape index (κ3) is 6.20. The predicted octanol–water partition coefficient (Wildman–Crippen LogP) is 5.59. The van der Waals surface area contributed by atoms with Crippen LogP contribution in [-0.2, 0) is 0 Å². The number of hydrogen-bond acceptors (Lipinski definition) is 4. The topological polar surface area (TPSA) is 51.4 Å². The number of benzene rings is 1. The van der Waals surface area contributed by atoms with Crippen molar-refractivity contribution in [3.8, 4) is 17.0 Å². The average Bonchev–Trinajstić information content (AvgIpc) is 3.12. The molecule has 0 bridgehead atoms. The first-order valence-corrected chi connectivity index (χ1v) is 11.1. The number of hydrogen-bond donors (Lipinski definition) is 1. The minimum absolute atomic E-state index is 0.539. The van der Waals surface area contributed by atoms with Crippen molar-refractivity contribution in [2.45, 2.75) is 52.9 Å². The molecule has 0 radical (unpaired) electrons. The minimum atomic E-state index is 0.539. The smallest absolute Gasteiger partial charge is 0.128 e. The molecule has 1 aromatic heterocycles. The summed E-state index contributed by atoms with van der Waals surface area (Å²) in [7, 11) is 0. The van der Waals surface area contributed by atoms with Crippen molar-refractivity contribution in [1.82, 2.24) is 9.88 Å². The molecule has 1 aliphatic rings. The van der Waals surface area contributed by atoms with Gasteiger partial charge < -0.3 is 15.4 Å². The first kappa shape index (κ1) is 21.6. The fraction of sp³-hybridized carbons (Fsp3) is 0.560. The number of anilines is 1. The molecule has 0 amide bonds. The fourth-order valence-electron chi connectivity index (χ4n) is 4.19. The first-order valence-electron chi connectivity index (χ1n) is 11.1. The Bertz CT molecular complexity index is 787. The summed E-state index contributed by atoms with van der Waals surface area (Å²) in [4.78, 5) is 7.11. The van der Waals surface area contributed by atoms with Crippen LogP contribution in [-0.4, -0.2) is 36.1 Å². The number of aromatic nitrogens is 1. The third-order valence-electron chi connectivity index (χ3n) is 5.60. The summed E-state index contributed by atoms with van der Waals surface area (Å²) < 4.78 is 6.28. The average molecular weight is 396 g/mol. The number of rotatable bonds is 9. The van der Waals surface area contributed by atoms with E-state index in [-0.39, 0.29) is 0 Å². The minimum Gasteiger partial charge on any atom is -0.493 e. The highest BCUT2D eigenvalue weighted by molar-refractivity contribution is 5.69. The third-order valence-corrected chi connectivity index (χ3v) is 5.60. The van der Waals surface area contributed by atoms with Crippen molar-refractivity contribution < 1.29 is 4.74 Å². The molecule has 4 nitrogen and oxygen atoms in total. The summed E-state index contributed by atoms with van der Waals surface area (Å²) in [6.07, 6.45) is 3.46. The van der Waals surface area contributed by atoms with Crippen molar-refractivity contribution >= 4 is 5.82 Å². The van der Waals surface area contributed by atoms with E-state index < -0.39 is 0 Å². The fourth-order valence-corrected chi connectivity index (χ4v) is 4.19. The van der Waals surface area contributed by atoms with Gasteiger partial charge >= 0.3 is 0 Å². The highest BCUT2D eigenvalue weighted by atomic mass is 16.5. The Balaban J connectivity index is 1.80. The molecule has 0 spiro atoms. The lowest BCUT2D eigenvalue weighted by Crippen LogP contribution is -2.24. The Morgan fingerprint density at radius 1 is 1.14 bits per heavy atom. The maximum Gasteiger partial charge on any atom is 0.128 e. The number of nitrogen functional groups attached to an aromatic ring is 1. The van der Waals surface area contributed by atoms with E-state index in [2.05, 4.69) is 55.8 Å².